The molecule has 0 heterocycles. The van der Waals surface area contributed by atoms with Gasteiger partial charge in [0.25, 0.3) is 0 Å². The molecule has 0 N–H and O–H groups in total. The number of benzene rings is 1. The Labute approximate surface area is 120 Å². The van der Waals surface area contributed by atoms with Gasteiger partial charge in [-0.3, -0.25) is 0 Å². The summed E-state index contributed by atoms with van der Waals surface area (Å²) >= 11 is 3.66. The third-order valence-electron chi connectivity index (χ3n) is 3.87. The minimum Gasteiger partial charge on any atom is -0.166 e. The van der Waals surface area contributed by atoms with Crippen LogP contribution in [-0.2, 0) is 12.6 Å². The van der Waals surface area contributed by atoms with Crippen LogP contribution in [0.3, 0.4) is 0 Å². The molecule has 0 amide bonds. The van der Waals surface area contributed by atoms with Gasteiger partial charge in [0, 0.05) is 4.83 Å². The molecule has 0 bridgehead atoms. The van der Waals surface area contributed by atoms with Gasteiger partial charge in [0.05, 0.1) is 5.56 Å². The van der Waals surface area contributed by atoms with Crippen molar-refractivity contribution in [3.8, 4) is 0 Å². The minimum absolute atomic E-state index is 0.311. The first kappa shape index (κ1) is 14.9. The number of alkyl halides is 4. The Kier molecular flexibility index (Phi) is 4.93. The van der Waals surface area contributed by atoms with Gasteiger partial charge < -0.3 is 0 Å². The molecule has 2 unspecified atom stereocenters. The highest BCUT2D eigenvalue weighted by Crippen LogP contribution is 2.36. The van der Waals surface area contributed by atoms with Crippen molar-refractivity contribution in [3.05, 3.63) is 35.4 Å². The van der Waals surface area contributed by atoms with E-state index in [9.17, 15) is 13.2 Å². The van der Waals surface area contributed by atoms with E-state index in [0.717, 1.165) is 19.3 Å². The van der Waals surface area contributed by atoms with Crippen LogP contribution >= 0.6 is 15.9 Å². The van der Waals surface area contributed by atoms with Crippen LogP contribution in [0.25, 0.3) is 0 Å². The highest BCUT2D eigenvalue weighted by Gasteiger charge is 2.34. The quantitative estimate of drug-likeness (QED) is 0.488. The summed E-state index contributed by atoms with van der Waals surface area (Å²) in [6.45, 7) is 0. The summed E-state index contributed by atoms with van der Waals surface area (Å²) < 4.78 is 38.9. The molecule has 1 aliphatic carbocycles. The highest BCUT2D eigenvalue weighted by molar-refractivity contribution is 9.09. The van der Waals surface area contributed by atoms with Crippen molar-refractivity contribution >= 4 is 15.9 Å². The molecular weight excluding hydrogens is 317 g/mol. The number of hydrogen-bond acceptors (Lipinski definition) is 0. The van der Waals surface area contributed by atoms with E-state index in [1.165, 1.54) is 25.0 Å². The fourth-order valence-corrected chi connectivity index (χ4v) is 3.60. The molecule has 1 aromatic carbocycles. The second-order valence-corrected chi connectivity index (χ2v) is 6.45. The molecule has 19 heavy (non-hydrogen) atoms. The normalized spacial score (nSPS) is 25.1. The molecule has 1 aliphatic rings. The predicted octanol–water partition coefficient (Wildman–Crippen LogP) is 5.59. The van der Waals surface area contributed by atoms with E-state index in [4.69, 9.17) is 0 Å². The molecule has 0 saturated heterocycles. The number of halogens is 4. The van der Waals surface area contributed by atoms with Gasteiger partial charge in [-0.2, -0.15) is 13.2 Å². The molecule has 0 radical (unpaired) electrons. The Balaban J connectivity index is 2.18. The molecule has 4 heteroatoms. The standard InChI is InChI=1S/C15H18BrF3/c16-14-9-3-1-2-7-12(14)10-11-6-4-5-8-13(11)15(17,18)19/h4-6,8,12,14H,1-3,7,9-10H2. The van der Waals surface area contributed by atoms with Gasteiger partial charge in [0.15, 0.2) is 0 Å². The van der Waals surface area contributed by atoms with Gasteiger partial charge in [-0.15, -0.1) is 0 Å². The lowest BCUT2D eigenvalue weighted by Crippen LogP contribution is -2.18. The summed E-state index contributed by atoms with van der Waals surface area (Å²) in [7, 11) is 0. The van der Waals surface area contributed by atoms with E-state index >= 15 is 0 Å². The summed E-state index contributed by atoms with van der Waals surface area (Å²) in [5.74, 6) is 0.311. The lowest BCUT2D eigenvalue weighted by atomic mass is 9.90. The minimum atomic E-state index is -4.25. The van der Waals surface area contributed by atoms with Gasteiger partial charge in [0.2, 0.25) is 0 Å². The molecular formula is C15H18BrF3. The fraction of sp³-hybridized carbons (Fsp3) is 0.600. The molecule has 0 aliphatic heterocycles. The average Bonchev–Trinajstić information content (AvgIpc) is 2.54. The van der Waals surface area contributed by atoms with Gasteiger partial charge in [-0.25, -0.2) is 0 Å². The Morgan fingerprint density at radius 3 is 2.47 bits per heavy atom. The Hall–Kier alpha value is -0.510. The van der Waals surface area contributed by atoms with E-state index in [1.807, 2.05) is 0 Å². The lowest BCUT2D eigenvalue weighted by molar-refractivity contribution is -0.138. The van der Waals surface area contributed by atoms with Crippen LogP contribution in [0, 0.1) is 5.92 Å². The zero-order valence-electron chi connectivity index (χ0n) is 10.7. The van der Waals surface area contributed by atoms with Crippen molar-refractivity contribution in [3.63, 3.8) is 0 Å². The van der Waals surface area contributed by atoms with E-state index in [0.29, 0.717) is 22.7 Å². The number of rotatable bonds is 2. The SMILES string of the molecule is FC(F)(F)c1ccccc1CC1CCCCCC1Br. The lowest BCUT2D eigenvalue weighted by Gasteiger charge is -2.22. The average molecular weight is 335 g/mol. The fourth-order valence-electron chi connectivity index (χ4n) is 2.83. The summed E-state index contributed by atoms with van der Waals surface area (Å²) in [4.78, 5) is 0.344. The van der Waals surface area contributed by atoms with Crippen molar-refractivity contribution in [2.45, 2.75) is 49.5 Å². The third-order valence-corrected chi connectivity index (χ3v) is 5.08. The zero-order chi connectivity index (χ0) is 13.9. The second-order valence-electron chi connectivity index (χ2n) is 5.27. The second kappa shape index (κ2) is 6.29. The first-order valence-corrected chi connectivity index (χ1v) is 7.69. The van der Waals surface area contributed by atoms with E-state index in [1.54, 1.807) is 12.1 Å². The van der Waals surface area contributed by atoms with Crippen LogP contribution in [0.1, 0.15) is 43.2 Å². The molecule has 1 aromatic rings. The Morgan fingerprint density at radius 2 is 1.74 bits per heavy atom. The summed E-state index contributed by atoms with van der Waals surface area (Å²) in [5, 5.41) is 0. The van der Waals surface area contributed by atoms with Crippen LogP contribution in [0.15, 0.2) is 24.3 Å². The highest BCUT2D eigenvalue weighted by atomic mass is 79.9. The van der Waals surface area contributed by atoms with E-state index < -0.39 is 11.7 Å². The number of hydrogen-bond donors (Lipinski definition) is 0. The van der Waals surface area contributed by atoms with Crippen molar-refractivity contribution in [1.82, 2.24) is 0 Å². The molecule has 1 saturated carbocycles. The van der Waals surface area contributed by atoms with Crippen LogP contribution < -0.4 is 0 Å². The van der Waals surface area contributed by atoms with Crippen molar-refractivity contribution < 1.29 is 13.2 Å². The van der Waals surface area contributed by atoms with Crippen molar-refractivity contribution in [2.24, 2.45) is 5.92 Å². The molecule has 106 valence electrons. The van der Waals surface area contributed by atoms with Crippen LogP contribution in [0.5, 0.6) is 0 Å². The largest absolute Gasteiger partial charge is 0.416 e. The molecule has 2 rings (SSSR count). The first-order chi connectivity index (χ1) is 8.98. The topological polar surface area (TPSA) is 0 Å². The smallest absolute Gasteiger partial charge is 0.166 e. The maximum absolute atomic E-state index is 13.0. The molecule has 0 spiro atoms. The third kappa shape index (κ3) is 3.98. The van der Waals surface area contributed by atoms with Crippen molar-refractivity contribution in [1.29, 1.82) is 0 Å². The maximum atomic E-state index is 13.0. The Morgan fingerprint density at radius 1 is 1.05 bits per heavy atom. The van der Waals surface area contributed by atoms with Gasteiger partial charge >= 0.3 is 6.18 Å². The van der Waals surface area contributed by atoms with Crippen molar-refractivity contribution in [2.75, 3.05) is 0 Å². The summed E-state index contributed by atoms with van der Waals surface area (Å²) in [6, 6.07) is 5.97. The van der Waals surface area contributed by atoms with Crippen LogP contribution in [0.2, 0.25) is 0 Å². The molecule has 1 fully saturated rings. The monoisotopic (exact) mass is 334 g/mol. The Bertz CT molecular complexity index is 414. The van der Waals surface area contributed by atoms with E-state index in [2.05, 4.69) is 15.9 Å². The summed E-state index contributed by atoms with van der Waals surface area (Å²) in [5.41, 5.74) is -0.0368. The first-order valence-electron chi connectivity index (χ1n) is 6.77. The maximum Gasteiger partial charge on any atom is 0.416 e. The van der Waals surface area contributed by atoms with E-state index in [-0.39, 0.29) is 0 Å². The van der Waals surface area contributed by atoms with Crippen LogP contribution in [0.4, 0.5) is 13.2 Å². The van der Waals surface area contributed by atoms with Gasteiger partial charge in [-0.1, -0.05) is 53.4 Å². The van der Waals surface area contributed by atoms with Crippen LogP contribution in [-0.4, -0.2) is 4.83 Å². The summed E-state index contributed by atoms with van der Waals surface area (Å²) in [6.07, 6.45) is 1.85. The predicted molar refractivity (Wildman–Crippen MR) is 74.4 cm³/mol. The molecule has 2 atom stereocenters. The zero-order valence-corrected chi connectivity index (χ0v) is 12.3. The van der Waals surface area contributed by atoms with Gasteiger partial charge in [0.1, 0.15) is 0 Å². The molecule has 0 nitrogen and oxygen atoms in total. The molecule has 0 aromatic heterocycles. The van der Waals surface area contributed by atoms with Gasteiger partial charge in [-0.05, 0) is 36.8 Å².